The van der Waals surface area contributed by atoms with Gasteiger partial charge in [0.15, 0.2) is 17.9 Å². The maximum absolute atomic E-state index is 15.2. The van der Waals surface area contributed by atoms with Gasteiger partial charge >= 0.3 is 11.9 Å². The third-order valence-corrected chi connectivity index (χ3v) is 5.78. The molecule has 15 heteroatoms. The molecule has 1 aromatic carbocycles. The van der Waals surface area contributed by atoms with Crippen molar-refractivity contribution in [3.05, 3.63) is 39.9 Å². The van der Waals surface area contributed by atoms with Gasteiger partial charge in [0.05, 0.1) is 19.4 Å². The lowest BCUT2D eigenvalue weighted by Gasteiger charge is -2.29. The van der Waals surface area contributed by atoms with Gasteiger partial charge in [-0.05, 0) is 29.3 Å². The van der Waals surface area contributed by atoms with Gasteiger partial charge in [-0.15, -0.1) is 0 Å². The van der Waals surface area contributed by atoms with Gasteiger partial charge in [0.2, 0.25) is 5.28 Å². The van der Waals surface area contributed by atoms with Crippen molar-refractivity contribution in [3.8, 4) is 0 Å². The van der Waals surface area contributed by atoms with Gasteiger partial charge in [0.1, 0.15) is 11.5 Å². The second-order valence-electron chi connectivity index (χ2n) is 7.57. The Kier molecular flexibility index (Phi) is 8.15. The van der Waals surface area contributed by atoms with Crippen LogP contribution in [0.15, 0.2) is 18.2 Å². The second-order valence-corrected chi connectivity index (χ2v) is 8.34. The number of ether oxygens (including phenoxy) is 2. The molecule has 0 saturated carbocycles. The molecule has 0 amide bonds. The van der Waals surface area contributed by atoms with E-state index in [1.807, 2.05) is 0 Å². The van der Waals surface area contributed by atoms with E-state index in [0.29, 0.717) is 5.69 Å². The number of halogens is 4. The first kappa shape index (κ1) is 26.6. The summed E-state index contributed by atoms with van der Waals surface area (Å²) in [4.78, 5) is 32.8. The number of carboxylic acids is 2. The number of aromatic nitrogens is 2. The van der Waals surface area contributed by atoms with E-state index in [1.54, 1.807) is 0 Å². The number of carboxylic acid groups (broad SMARTS) is 2. The third kappa shape index (κ3) is 5.64. The summed E-state index contributed by atoms with van der Waals surface area (Å²) in [5.74, 6) is -4.49. The number of hydrogen-bond donors (Lipinski definition) is 4. The molecule has 5 N–H and O–H groups in total. The number of methoxy groups -OCH3 is 1. The molecular weight excluding hydrogens is 515 g/mol. The Morgan fingerprint density at radius 2 is 2.00 bits per heavy atom. The number of carbonyl (C=O) groups is 2. The zero-order chi connectivity index (χ0) is 25.9. The average Bonchev–Trinajstić information content (AvgIpc) is 3.20. The predicted octanol–water partition coefficient (Wildman–Crippen LogP) is 2.56. The number of nitrogens with two attached hydrogens (primary N) is 1. The monoisotopic (exact) mass is 535 g/mol. The van der Waals surface area contributed by atoms with Crippen LogP contribution in [0.4, 0.5) is 26.1 Å². The number of anilines is 3. The molecule has 0 aliphatic carbocycles. The standard InChI is InChI=1S/C20H21Cl2F2N5O6/c1-34-11(5-13(24)29-8-26-14-15(25)27-19(22)28-16(14)29)7-35-20(17(30)31,18(32)33)6-9-2-3-10(21)4-12(9)23/h2-4,11,13,26H,5-8H2,1H3,(H,30,31)(H,32,33)(H2,25,27,28). The van der Waals surface area contributed by atoms with Crippen LogP contribution in [0.25, 0.3) is 0 Å². The molecule has 0 spiro atoms. The predicted molar refractivity (Wildman–Crippen MR) is 122 cm³/mol. The fourth-order valence-corrected chi connectivity index (χ4v) is 3.78. The van der Waals surface area contributed by atoms with Crippen LogP contribution < -0.4 is 16.0 Å². The van der Waals surface area contributed by atoms with Crippen molar-refractivity contribution in [2.75, 3.05) is 36.3 Å². The highest BCUT2D eigenvalue weighted by Crippen LogP contribution is 2.36. The lowest BCUT2D eigenvalue weighted by molar-refractivity contribution is -0.187. The van der Waals surface area contributed by atoms with Crippen LogP contribution in [0.3, 0.4) is 0 Å². The van der Waals surface area contributed by atoms with Gasteiger partial charge in [0, 0.05) is 25.0 Å². The number of rotatable bonds is 11. The molecule has 2 heterocycles. The molecule has 1 aromatic heterocycles. The molecule has 0 radical (unpaired) electrons. The van der Waals surface area contributed by atoms with Crippen LogP contribution in [0.1, 0.15) is 12.0 Å². The van der Waals surface area contributed by atoms with Gasteiger partial charge in [-0.3, -0.25) is 0 Å². The van der Waals surface area contributed by atoms with Crippen molar-refractivity contribution in [2.24, 2.45) is 0 Å². The summed E-state index contributed by atoms with van der Waals surface area (Å²) in [7, 11) is 1.22. The molecule has 2 unspecified atom stereocenters. The normalized spacial score (nSPS) is 14.8. The first-order valence-corrected chi connectivity index (χ1v) is 10.8. The van der Waals surface area contributed by atoms with Crippen molar-refractivity contribution in [1.82, 2.24) is 9.97 Å². The SMILES string of the molecule is COC(COC(Cc1ccc(Cl)cc1F)(C(=O)O)C(=O)O)CC(F)N1CNc2c(N)nc(Cl)nc21. The van der Waals surface area contributed by atoms with E-state index in [9.17, 15) is 24.2 Å². The number of nitrogens with zero attached hydrogens (tertiary/aromatic N) is 3. The zero-order valence-electron chi connectivity index (χ0n) is 18.2. The molecule has 2 aromatic rings. The first-order chi connectivity index (χ1) is 16.5. The fourth-order valence-electron chi connectivity index (χ4n) is 3.45. The fraction of sp³-hybridized carbons (Fsp3) is 0.400. The Morgan fingerprint density at radius 1 is 1.31 bits per heavy atom. The smallest absolute Gasteiger partial charge is 0.348 e. The Morgan fingerprint density at radius 3 is 2.60 bits per heavy atom. The van der Waals surface area contributed by atoms with Crippen molar-refractivity contribution >= 4 is 52.5 Å². The third-order valence-electron chi connectivity index (χ3n) is 5.38. The van der Waals surface area contributed by atoms with Crippen molar-refractivity contribution < 1.29 is 38.1 Å². The molecule has 2 atom stereocenters. The summed E-state index contributed by atoms with van der Waals surface area (Å²) < 4.78 is 39.9. The van der Waals surface area contributed by atoms with Crippen LogP contribution >= 0.6 is 23.2 Å². The summed E-state index contributed by atoms with van der Waals surface area (Å²) in [6.45, 7) is -0.650. The molecule has 0 bridgehead atoms. The Bertz CT molecular complexity index is 1110. The zero-order valence-corrected chi connectivity index (χ0v) is 19.7. The van der Waals surface area contributed by atoms with Crippen LogP contribution in [0.5, 0.6) is 0 Å². The van der Waals surface area contributed by atoms with E-state index in [1.165, 1.54) is 18.1 Å². The van der Waals surface area contributed by atoms with Crippen LogP contribution in [-0.2, 0) is 25.5 Å². The number of aliphatic carboxylic acids is 2. The molecule has 11 nitrogen and oxygen atoms in total. The number of benzene rings is 1. The summed E-state index contributed by atoms with van der Waals surface area (Å²) >= 11 is 11.5. The molecule has 1 aliphatic heterocycles. The Balaban J connectivity index is 1.75. The summed E-state index contributed by atoms with van der Waals surface area (Å²) in [6, 6.07) is 3.36. The number of hydrogen-bond acceptors (Lipinski definition) is 9. The van der Waals surface area contributed by atoms with Gasteiger partial charge in [-0.2, -0.15) is 9.97 Å². The lowest BCUT2D eigenvalue weighted by atomic mass is 9.93. The van der Waals surface area contributed by atoms with Crippen molar-refractivity contribution in [1.29, 1.82) is 0 Å². The van der Waals surface area contributed by atoms with Crippen molar-refractivity contribution in [3.63, 3.8) is 0 Å². The first-order valence-electron chi connectivity index (χ1n) is 10.0. The largest absolute Gasteiger partial charge is 0.479 e. The van der Waals surface area contributed by atoms with Crippen LogP contribution in [-0.4, -0.2) is 70.5 Å². The minimum atomic E-state index is -2.87. The maximum atomic E-state index is 15.2. The summed E-state index contributed by atoms with van der Waals surface area (Å²) in [5, 5.41) is 22.1. The van der Waals surface area contributed by atoms with E-state index < -0.39 is 48.8 Å². The molecule has 1 aliphatic rings. The Labute approximate surface area is 207 Å². The van der Waals surface area contributed by atoms with Gasteiger partial charge < -0.3 is 35.6 Å². The van der Waals surface area contributed by atoms with Crippen LogP contribution in [0, 0.1) is 5.82 Å². The summed E-state index contributed by atoms with van der Waals surface area (Å²) in [5.41, 5.74) is 2.94. The number of nitrogen functional groups attached to an aromatic ring is 1. The topological polar surface area (TPSA) is 160 Å². The average molecular weight is 536 g/mol. The van der Waals surface area contributed by atoms with E-state index in [4.69, 9.17) is 38.4 Å². The highest BCUT2D eigenvalue weighted by molar-refractivity contribution is 6.30. The van der Waals surface area contributed by atoms with Crippen molar-refractivity contribution in [2.45, 2.75) is 30.8 Å². The highest BCUT2D eigenvalue weighted by atomic mass is 35.5. The molecule has 35 heavy (non-hydrogen) atoms. The Hall–Kier alpha value is -3.00. The van der Waals surface area contributed by atoms with E-state index in [-0.39, 0.29) is 40.6 Å². The molecule has 0 saturated heterocycles. The number of nitrogens with one attached hydrogen (secondary N) is 1. The summed E-state index contributed by atoms with van der Waals surface area (Å²) in [6.07, 6.45) is -4.05. The van der Waals surface area contributed by atoms with Crippen LogP contribution in [0.2, 0.25) is 10.3 Å². The van der Waals surface area contributed by atoms with Gasteiger partial charge in [-0.25, -0.2) is 18.4 Å². The number of fused-ring (bicyclic) bond motifs is 1. The second kappa shape index (κ2) is 10.7. The van der Waals surface area contributed by atoms with E-state index >= 15 is 4.39 Å². The van der Waals surface area contributed by atoms with E-state index in [0.717, 1.165) is 12.1 Å². The van der Waals surface area contributed by atoms with Gasteiger partial charge in [0.25, 0.3) is 5.60 Å². The minimum Gasteiger partial charge on any atom is -0.479 e. The van der Waals surface area contributed by atoms with E-state index in [2.05, 4.69) is 15.3 Å². The molecule has 0 fully saturated rings. The minimum absolute atomic E-state index is 0.0168. The maximum Gasteiger partial charge on any atom is 0.348 e. The highest BCUT2D eigenvalue weighted by Gasteiger charge is 2.49. The molecule has 3 rings (SSSR count). The quantitative estimate of drug-likeness (QED) is 0.190. The number of alkyl halides is 1. The van der Waals surface area contributed by atoms with Gasteiger partial charge in [-0.1, -0.05) is 17.7 Å². The molecule has 190 valence electrons. The molecular formula is C20H21Cl2F2N5O6. The lowest BCUT2D eigenvalue weighted by Crippen LogP contribution is -2.52.